The van der Waals surface area contributed by atoms with E-state index < -0.39 is 5.92 Å². The number of carbonyl (C=O) groups is 1. The maximum Gasteiger partial charge on any atom is 0.262 e. The molecular formula is C20H21N3O2. The number of hydrogen-bond acceptors (Lipinski definition) is 4. The molecule has 1 amide bonds. The lowest BCUT2D eigenvalue weighted by molar-refractivity contribution is -0.118. The van der Waals surface area contributed by atoms with Crippen molar-refractivity contribution in [3.8, 4) is 0 Å². The minimum absolute atomic E-state index is 0.0885. The largest absolute Gasteiger partial charge is 0.396 e. The molecule has 0 aliphatic carbocycles. The quantitative estimate of drug-likeness (QED) is 0.651. The molecule has 1 atom stereocenters. The Hall–Kier alpha value is -2.79. The lowest BCUT2D eigenvalue weighted by atomic mass is 9.93. The van der Waals surface area contributed by atoms with E-state index in [1.165, 1.54) is 5.01 Å². The molecule has 5 heteroatoms. The summed E-state index contributed by atoms with van der Waals surface area (Å²) in [5.74, 6) is -0.600. The van der Waals surface area contributed by atoms with Crippen molar-refractivity contribution in [2.24, 2.45) is 16.0 Å². The van der Waals surface area contributed by atoms with E-state index in [4.69, 9.17) is 5.11 Å². The van der Waals surface area contributed by atoms with Crippen molar-refractivity contribution in [1.29, 1.82) is 0 Å². The molecule has 0 aromatic heterocycles. The first kappa shape index (κ1) is 17.0. The highest BCUT2D eigenvalue weighted by molar-refractivity contribution is 6.32. The topological polar surface area (TPSA) is 65.3 Å². The van der Waals surface area contributed by atoms with Gasteiger partial charge in [-0.2, -0.15) is 10.1 Å². The van der Waals surface area contributed by atoms with Crippen LogP contribution in [0.3, 0.4) is 0 Å². The molecule has 0 saturated heterocycles. The molecule has 3 rings (SSSR count). The minimum Gasteiger partial charge on any atom is -0.396 e. The summed E-state index contributed by atoms with van der Waals surface area (Å²) in [6.45, 7) is 2.44. The Morgan fingerprint density at radius 2 is 1.76 bits per heavy atom. The van der Waals surface area contributed by atoms with Crippen LogP contribution in [0, 0.1) is 5.92 Å². The number of hydrogen-bond donors (Lipinski definition) is 1. The third-order valence-corrected chi connectivity index (χ3v) is 4.10. The average Bonchev–Trinajstić information content (AvgIpc) is 3.00. The van der Waals surface area contributed by atoms with Gasteiger partial charge in [0.05, 0.1) is 11.4 Å². The van der Waals surface area contributed by atoms with E-state index >= 15 is 0 Å². The second kappa shape index (κ2) is 7.85. The lowest BCUT2D eigenvalue weighted by Crippen LogP contribution is -2.32. The molecule has 0 saturated carbocycles. The van der Waals surface area contributed by atoms with Crippen LogP contribution >= 0.6 is 0 Å². The fraction of sp³-hybridized carbons (Fsp3) is 0.250. The number of aliphatic hydroxyl groups is 1. The highest BCUT2D eigenvalue weighted by Crippen LogP contribution is 2.27. The van der Waals surface area contributed by atoms with Gasteiger partial charge in [0.25, 0.3) is 5.91 Å². The van der Waals surface area contributed by atoms with Crippen LogP contribution in [-0.4, -0.2) is 35.6 Å². The van der Waals surface area contributed by atoms with E-state index in [1.54, 1.807) is 0 Å². The Morgan fingerprint density at radius 3 is 2.40 bits per heavy atom. The molecule has 1 unspecified atom stereocenters. The zero-order chi connectivity index (χ0) is 17.6. The molecule has 1 N–H and O–H groups in total. The Labute approximate surface area is 147 Å². The average molecular weight is 335 g/mol. The second-order valence-electron chi connectivity index (χ2n) is 5.87. The predicted octanol–water partition coefficient (Wildman–Crippen LogP) is 2.90. The highest BCUT2D eigenvalue weighted by atomic mass is 16.3. The van der Waals surface area contributed by atoms with Gasteiger partial charge in [-0.15, -0.1) is 0 Å². The molecule has 0 bridgehead atoms. The van der Waals surface area contributed by atoms with Crippen molar-refractivity contribution in [2.75, 3.05) is 18.2 Å². The molecular weight excluding hydrogens is 314 g/mol. The normalized spacial score (nSPS) is 17.8. The first-order chi connectivity index (χ1) is 12.2. The summed E-state index contributed by atoms with van der Waals surface area (Å²) in [5.41, 5.74) is 3.08. The minimum atomic E-state index is -0.499. The van der Waals surface area contributed by atoms with Gasteiger partial charge < -0.3 is 5.11 Å². The van der Waals surface area contributed by atoms with Crippen molar-refractivity contribution in [3.05, 3.63) is 66.2 Å². The van der Waals surface area contributed by atoms with E-state index in [0.717, 1.165) is 17.0 Å². The zero-order valence-corrected chi connectivity index (χ0v) is 14.2. The molecule has 2 aromatic rings. The summed E-state index contributed by atoms with van der Waals surface area (Å²) in [6.07, 6.45) is 0.582. The van der Waals surface area contributed by atoms with Gasteiger partial charge in [-0.1, -0.05) is 48.5 Å². The summed E-state index contributed by atoms with van der Waals surface area (Å²) in [7, 11) is 0. The third kappa shape index (κ3) is 3.67. The van der Waals surface area contributed by atoms with E-state index in [0.29, 0.717) is 18.7 Å². The number of anilines is 1. The van der Waals surface area contributed by atoms with E-state index in [1.807, 2.05) is 67.6 Å². The number of nitrogens with zero attached hydrogens (tertiary/aromatic N) is 3. The van der Waals surface area contributed by atoms with Crippen molar-refractivity contribution >= 4 is 23.0 Å². The molecule has 0 spiro atoms. The smallest absolute Gasteiger partial charge is 0.262 e. The van der Waals surface area contributed by atoms with Gasteiger partial charge in [0.2, 0.25) is 0 Å². The van der Waals surface area contributed by atoms with Gasteiger partial charge in [-0.05, 0) is 31.0 Å². The molecule has 1 aliphatic rings. The number of rotatable bonds is 6. The second-order valence-corrected chi connectivity index (χ2v) is 5.87. The van der Waals surface area contributed by atoms with Crippen molar-refractivity contribution < 1.29 is 9.90 Å². The monoisotopic (exact) mass is 335 g/mol. The first-order valence-electron chi connectivity index (χ1n) is 8.37. The molecule has 0 fully saturated rings. The maximum atomic E-state index is 13.0. The lowest BCUT2D eigenvalue weighted by Gasteiger charge is -2.14. The first-order valence-corrected chi connectivity index (χ1v) is 8.37. The maximum absolute atomic E-state index is 13.0. The van der Waals surface area contributed by atoms with E-state index in [9.17, 15) is 4.79 Å². The summed E-state index contributed by atoms with van der Waals surface area (Å²) >= 11 is 0. The molecule has 128 valence electrons. The van der Waals surface area contributed by atoms with Gasteiger partial charge in [0, 0.05) is 18.9 Å². The van der Waals surface area contributed by atoms with Crippen molar-refractivity contribution in [2.45, 2.75) is 13.3 Å². The summed E-state index contributed by atoms with van der Waals surface area (Å²) in [5, 5.41) is 15.0. The number of aliphatic hydroxyl groups excluding tert-OH is 1. The Kier molecular flexibility index (Phi) is 5.36. The number of carbonyl (C=O) groups excluding carboxylic acids is 1. The van der Waals surface area contributed by atoms with Crippen LogP contribution in [0.1, 0.15) is 18.9 Å². The van der Waals surface area contributed by atoms with Gasteiger partial charge in [0.15, 0.2) is 0 Å². The standard InChI is InChI=1S/C20H21N3O2/c1-15(21-13-8-14-24)18-19(16-9-4-2-5-10-16)22-23(20(18)25)17-11-6-3-7-12-17/h2-7,9-12,18,24H,8,13-14H2,1H3. The van der Waals surface area contributed by atoms with Gasteiger partial charge in [-0.3, -0.25) is 9.79 Å². The molecule has 1 heterocycles. The summed E-state index contributed by atoms with van der Waals surface area (Å²) in [6, 6.07) is 19.1. The molecule has 0 radical (unpaired) electrons. The van der Waals surface area contributed by atoms with Crippen LogP contribution in [0.4, 0.5) is 5.69 Å². The van der Waals surface area contributed by atoms with Crippen LogP contribution in [-0.2, 0) is 4.79 Å². The Balaban J connectivity index is 1.99. The van der Waals surface area contributed by atoms with Crippen LogP contribution < -0.4 is 5.01 Å². The predicted molar refractivity (Wildman–Crippen MR) is 100 cm³/mol. The third-order valence-electron chi connectivity index (χ3n) is 4.10. The van der Waals surface area contributed by atoms with Gasteiger partial charge >= 0.3 is 0 Å². The SMILES string of the molecule is CC(=NCCCO)C1C(=O)N(c2ccccc2)N=C1c1ccccc1. The summed E-state index contributed by atoms with van der Waals surface area (Å²) < 4.78 is 0. The van der Waals surface area contributed by atoms with E-state index in [2.05, 4.69) is 10.1 Å². The van der Waals surface area contributed by atoms with E-state index in [-0.39, 0.29) is 12.5 Å². The number of para-hydroxylation sites is 1. The summed E-state index contributed by atoms with van der Waals surface area (Å²) in [4.78, 5) is 17.5. The Bertz CT molecular complexity index is 785. The highest BCUT2D eigenvalue weighted by Gasteiger charge is 2.39. The van der Waals surface area contributed by atoms with Crippen LogP contribution in [0.5, 0.6) is 0 Å². The molecule has 25 heavy (non-hydrogen) atoms. The zero-order valence-electron chi connectivity index (χ0n) is 14.2. The number of aliphatic imine (C=N–C) groups is 1. The number of benzene rings is 2. The van der Waals surface area contributed by atoms with Crippen molar-refractivity contribution in [1.82, 2.24) is 0 Å². The fourth-order valence-corrected chi connectivity index (χ4v) is 2.84. The Morgan fingerprint density at radius 1 is 1.12 bits per heavy atom. The van der Waals surface area contributed by atoms with Crippen LogP contribution in [0.2, 0.25) is 0 Å². The number of amides is 1. The molecule has 1 aliphatic heterocycles. The number of hydrazone groups is 1. The van der Waals surface area contributed by atoms with Crippen LogP contribution in [0.15, 0.2) is 70.8 Å². The van der Waals surface area contributed by atoms with Crippen molar-refractivity contribution in [3.63, 3.8) is 0 Å². The molecule has 5 nitrogen and oxygen atoms in total. The molecule has 2 aromatic carbocycles. The van der Waals surface area contributed by atoms with Gasteiger partial charge in [0.1, 0.15) is 5.92 Å². The van der Waals surface area contributed by atoms with Crippen LogP contribution in [0.25, 0.3) is 0 Å². The van der Waals surface area contributed by atoms with Gasteiger partial charge in [-0.25, -0.2) is 0 Å². The fourth-order valence-electron chi connectivity index (χ4n) is 2.84.